The highest BCUT2D eigenvalue weighted by atomic mass is 32.2. The van der Waals surface area contributed by atoms with Gasteiger partial charge in [0.1, 0.15) is 0 Å². The summed E-state index contributed by atoms with van der Waals surface area (Å²) in [5.74, 6) is -0.770. The van der Waals surface area contributed by atoms with E-state index < -0.39 is 21.5 Å². The van der Waals surface area contributed by atoms with Gasteiger partial charge in [-0.25, -0.2) is 4.79 Å². The molecule has 107 valence electrons. The molecule has 1 N–H and O–H groups in total. The van der Waals surface area contributed by atoms with Crippen LogP contribution in [0.5, 0.6) is 0 Å². The van der Waals surface area contributed by atoms with Crippen LogP contribution in [0.3, 0.4) is 0 Å². The first-order chi connectivity index (χ1) is 10.0. The van der Waals surface area contributed by atoms with E-state index in [0.717, 1.165) is 17.6 Å². The molecule has 1 unspecified atom stereocenters. The summed E-state index contributed by atoms with van der Waals surface area (Å²) in [6.45, 7) is 1.12. The molecule has 0 aliphatic heterocycles. The highest BCUT2D eigenvalue weighted by Gasteiger charge is 2.42. The van der Waals surface area contributed by atoms with Crippen LogP contribution in [-0.2, 0) is 19.6 Å². The molecule has 1 aliphatic rings. The van der Waals surface area contributed by atoms with Crippen LogP contribution in [0.25, 0.3) is 11.1 Å². The highest BCUT2D eigenvalue weighted by molar-refractivity contribution is 7.86. The maximum absolute atomic E-state index is 11.6. The van der Waals surface area contributed by atoms with Crippen molar-refractivity contribution < 1.29 is 22.5 Å². The Morgan fingerprint density at radius 2 is 1.48 bits per heavy atom. The maximum Gasteiger partial charge on any atom is 0.418 e. The van der Waals surface area contributed by atoms with Gasteiger partial charge in [-0.15, -0.1) is 0 Å². The monoisotopic (exact) mass is 303 g/mol. The van der Waals surface area contributed by atoms with E-state index in [-0.39, 0.29) is 0 Å². The number of hydrogen-bond donors (Lipinski definition) is 1. The van der Waals surface area contributed by atoms with Gasteiger partial charge >= 0.3 is 16.6 Å². The zero-order valence-corrected chi connectivity index (χ0v) is 11.6. The lowest BCUT2D eigenvalue weighted by molar-refractivity contribution is 0.214. The van der Waals surface area contributed by atoms with Crippen molar-refractivity contribution >= 4 is 16.6 Å². The molecule has 1 aliphatic carbocycles. The van der Waals surface area contributed by atoms with Crippen molar-refractivity contribution in [2.75, 3.05) is 0 Å². The third-order valence-electron chi connectivity index (χ3n) is 3.61. The average molecular weight is 303 g/mol. The van der Waals surface area contributed by atoms with Crippen molar-refractivity contribution in [1.29, 1.82) is 0 Å². The molecule has 3 rings (SSSR count). The molecule has 0 fully saturated rings. The first-order valence-electron chi connectivity index (χ1n) is 6.21. The van der Waals surface area contributed by atoms with Gasteiger partial charge in [-0.3, -0.25) is 4.55 Å². The fraction of sp³-hybridized carbons (Fsp3) is 0.133. The summed E-state index contributed by atoms with van der Waals surface area (Å²) in [4.78, 5) is 10.5. The summed E-state index contributed by atoms with van der Waals surface area (Å²) in [5, 5.41) is 0. The molecule has 2 aromatic rings. The zero-order chi connectivity index (χ0) is 15.0. The second-order valence-electron chi connectivity index (χ2n) is 4.74. The largest absolute Gasteiger partial charge is 0.434 e. The standard InChI is InChI=1S/C15H11O5S/c16-9-20-15(21(17,18)19)14-12-7-3-1-5-10(12)11-6-2-4-8-13(11)14/h1-8,14-15H,(H,17,18,19). The Bertz CT molecular complexity index is 752. The number of fused-ring (bicyclic) bond motifs is 3. The number of carbonyl (C=O) groups excluding carboxylic acids is 1. The fourth-order valence-electron chi connectivity index (χ4n) is 2.84. The van der Waals surface area contributed by atoms with E-state index in [9.17, 15) is 17.8 Å². The molecule has 1 radical (unpaired) electrons. The van der Waals surface area contributed by atoms with E-state index in [1.165, 1.54) is 0 Å². The van der Waals surface area contributed by atoms with E-state index >= 15 is 0 Å². The Morgan fingerprint density at radius 1 is 1.00 bits per heavy atom. The normalized spacial score (nSPS) is 15.1. The quantitative estimate of drug-likeness (QED) is 0.875. The van der Waals surface area contributed by atoms with Gasteiger partial charge in [0.25, 0.3) is 0 Å². The molecule has 0 heterocycles. The van der Waals surface area contributed by atoms with Gasteiger partial charge in [-0.2, -0.15) is 8.42 Å². The van der Waals surface area contributed by atoms with E-state index in [1.54, 1.807) is 24.3 Å². The van der Waals surface area contributed by atoms with Crippen LogP contribution in [0, 0.1) is 0 Å². The van der Waals surface area contributed by atoms with Gasteiger partial charge in [0.2, 0.25) is 5.44 Å². The molecule has 5 nitrogen and oxygen atoms in total. The van der Waals surface area contributed by atoms with Gasteiger partial charge in [-0.05, 0) is 22.3 Å². The second-order valence-corrected chi connectivity index (χ2v) is 6.23. The van der Waals surface area contributed by atoms with Crippen molar-refractivity contribution in [3.05, 3.63) is 59.7 Å². The molecule has 2 aromatic carbocycles. The van der Waals surface area contributed by atoms with Gasteiger partial charge in [-0.1, -0.05) is 48.5 Å². The maximum atomic E-state index is 11.6. The van der Waals surface area contributed by atoms with Crippen molar-refractivity contribution in [2.24, 2.45) is 0 Å². The molecule has 0 aromatic heterocycles. The lowest BCUT2D eigenvalue weighted by Gasteiger charge is -2.20. The number of rotatable bonds is 4. The summed E-state index contributed by atoms with van der Waals surface area (Å²) in [6.07, 6.45) is 0. The van der Waals surface area contributed by atoms with Crippen molar-refractivity contribution in [3.8, 4) is 11.1 Å². The van der Waals surface area contributed by atoms with E-state index in [2.05, 4.69) is 4.74 Å². The molecule has 21 heavy (non-hydrogen) atoms. The van der Waals surface area contributed by atoms with Crippen LogP contribution in [0.15, 0.2) is 48.5 Å². The van der Waals surface area contributed by atoms with E-state index in [0.29, 0.717) is 11.1 Å². The van der Waals surface area contributed by atoms with Crippen LogP contribution in [-0.4, -0.2) is 24.9 Å². The van der Waals surface area contributed by atoms with Crippen LogP contribution >= 0.6 is 0 Å². The minimum absolute atomic E-state index is 0.691. The Hall–Kier alpha value is -2.18. The summed E-state index contributed by atoms with van der Waals surface area (Å²) < 4.78 is 37.1. The molecule has 0 bridgehead atoms. The molecule has 0 saturated heterocycles. The van der Waals surface area contributed by atoms with E-state index in [1.807, 2.05) is 24.3 Å². The van der Waals surface area contributed by atoms with E-state index in [4.69, 9.17) is 0 Å². The third kappa shape index (κ3) is 2.22. The summed E-state index contributed by atoms with van der Waals surface area (Å²) in [5.41, 5.74) is 1.40. The third-order valence-corrected chi connectivity index (χ3v) is 4.57. The lowest BCUT2D eigenvalue weighted by Crippen LogP contribution is -2.30. The second kappa shape index (κ2) is 4.98. The molecular weight excluding hydrogens is 292 g/mol. The van der Waals surface area contributed by atoms with Gasteiger partial charge in [0, 0.05) is 0 Å². The lowest BCUT2D eigenvalue weighted by atomic mass is 9.98. The number of benzene rings is 2. The molecule has 0 saturated carbocycles. The van der Waals surface area contributed by atoms with Crippen LogP contribution < -0.4 is 0 Å². The number of hydrogen-bond acceptors (Lipinski definition) is 4. The van der Waals surface area contributed by atoms with Gasteiger partial charge in [0.05, 0.1) is 5.92 Å². The smallest absolute Gasteiger partial charge is 0.418 e. The Labute approximate surface area is 121 Å². The van der Waals surface area contributed by atoms with Gasteiger partial charge in [0.15, 0.2) is 0 Å². The van der Waals surface area contributed by atoms with Crippen LogP contribution in [0.1, 0.15) is 17.0 Å². The molecule has 6 heteroatoms. The topological polar surface area (TPSA) is 80.7 Å². The predicted molar refractivity (Wildman–Crippen MR) is 75.8 cm³/mol. The van der Waals surface area contributed by atoms with Gasteiger partial charge < -0.3 is 4.74 Å². The number of ether oxygens (including phenoxy) is 1. The highest BCUT2D eigenvalue weighted by Crippen LogP contribution is 2.47. The average Bonchev–Trinajstić information content (AvgIpc) is 2.78. The Morgan fingerprint density at radius 3 is 1.90 bits per heavy atom. The Kier molecular flexibility index (Phi) is 3.27. The molecule has 0 spiro atoms. The van der Waals surface area contributed by atoms with Crippen molar-refractivity contribution in [2.45, 2.75) is 11.4 Å². The summed E-state index contributed by atoms with van der Waals surface area (Å²) >= 11 is 0. The predicted octanol–water partition coefficient (Wildman–Crippen LogP) is 2.10. The van der Waals surface area contributed by atoms with Crippen molar-refractivity contribution in [1.82, 2.24) is 0 Å². The first kappa shape index (κ1) is 13.8. The first-order valence-corrected chi connectivity index (χ1v) is 7.71. The summed E-state index contributed by atoms with van der Waals surface area (Å²) in [6, 6.07) is 14.4. The SMILES string of the molecule is O=[C]OC(C1c2ccccc2-c2ccccc21)S(=O)(=O)O. The molecular formula is C15H11O5S. The summed E-state index contributed by atoms with van der Waals surface area (Å²) in [7, 11) is -4.58. The minimum Gasteiger partial charge on any atom is -0.434 e. The Balaban J connectivity index is 2.25. The van der Waals surface area contributed by atoms with Crippen molar-refractivity contribution in [3.63, 3.8) is 0 Å². The molecule has 1 atom stereocenters. The minimum atomic E-state index is -4.58. The molecule has 0 amide bonds. The van der Waals surface area contributed by atoms with Crippen LogP contribution in [0.2, 0.25) is 0 Å². The zero-order valence-electron chi connectivity index (χ0n) is 10.8. The fourth-order valence-corrected chi connectivity index (χ4v) is 3.63. The van der Waals surface area contributed by atoms with Crippen LogP contribution in [0.4, 0.5) is 0 Å².